The molecule has 0 aliphatic heterocycles. The van der Waals surface area contributed by atoms with Crippen LogP contribution >= 0.6 is 0 Å². The van der Waals surface area contributed by atoms with Crippen LogP contribution in [0, 0.1) is 0 Å². The number of halogens is 2. The number of ether oxygens (including phenoxy) is 1. The molecule has 1 unspecified atom stereocenters. The van der Waals surface area contributed by atoms with Gasteiger partial charge in [0, 0.05) is 11.6 Å². The molecular weight excluding hydrogens is 224 g/mol. The molecule has 0 aliphatic carbocycles. The zero-order chi connectivity index (χ0) is 12.8. The van der Waals surface area contributed by atoms with Gasteiger partial charge in [0.25, 0.3) is 0 Å². The number of benzene rings is 1. The van der Waals surface area contributed by atoms with Gasteiger partial charge in [-0.15, -0.1) is 6.58 Å². The molecule has 0 saturated heterocycles. The highest BCUT2D eigenvalue weighted by molar-refractivity contribution is 5.35. The van der Waals surface area contributed by atoms with Gasteiger partial charge in [0.15, 0.2) is 0 Å². The van der Waals surface area contributed by atoms with E-state index >= 15 is 0 Å². The average molecular weight is 241 g/mol. The second-order valence-electron chi connectivity index (χ2n) is 4.02. The largest absolute Gasteiger partial charge is 0.434 e. The molecule has 0 fully saturated rings. The monoisotopic (exact) mass is 241 g/mol. The highest BCUT2D eigenvalue weighted by atomic mass is 19.3. The minimum Gasteiger partial charge on any atom is -0.434 e. The second kappa shape index (κ2) is 6.35. The lowest BCUT2D eigenvalue weighted by atomic mass is 10.00. The predicted molar refractivity (Wildman–Crippen MR) is 64.1 cm³/mol. The van der Waals surface area contributed by atoms with E-state index in [1.54, 1.807) is 18.2 Å². The molecule has 1 rings (SSSR count). The fourth-order valence-corrected chi connectivity index (χ4v) is 1.55. The first-order valence-electron chi connectivity index (χ1n) is 5.44. The summed E-state index contributed by atoms with van der Waals surface area (Å²) in [5, 5.41) is 0. The Labute approximate surface area is 100 Å². The fourth-order valence-electron chi connectivity index (χ4n) is 1.55. The summed E-state index contributed by atoms with van der Waals surface area (Å²) in [6.45, 7) is 2.87. The van der Waals surface area contributed by atoms with E-state index in [0.29, 0.717) is 12.0 Å². The van der Waals surface area contributed by atoms with Crippen LogP contribution in [-0.2, 0) is 0 Å². The molecule has 0 aliphatic rings. The van der Waals surface area contributed by atoms with Gasteiger partial charge in [-0.05, 0) is 25.8 Å². The molecule has 0 radical (unpaired) electrons. The second-order valence-corrected chi connectivity index (χ2v) is 4.02. The summed E-state index contributed by atoms with van der Waals surface area (Å²) in [6.07, 6.45) is 1.43. The molecule has 1 atom stereocenters. The van der Waals surface area contributed by atoms with Crippen molar-refractivity contribution in [2.75, 3.05) is 0 Å². The summed E-state index contributed by atoms with van der Waals surface area (Å²) in [7, 11) is 0. The van der Waals surface area contributed by atoms with Crippen LogP contribution in [0.25, 0.3) is 0 Å². The third-order valence-electron chi connectivity index (χ3n) is 2.42. The van der Waals surface area contributed by atoms with Gasteiger partial charge in [0.05, 0.1) is 0 Å². The Balaban J connectivity index is 2.77. The Kier molecular flexibility index (Phi) is 5.10. The molecule has 4 heteroatoms. The van der Waals surface area contributed by atoms with Crippen LogP contribution in [0.2, 0.25) is 0 Å². The van der Waals surface area contributed by atoms with E-state index in [1.807, 2.05) is 6.92 Å². The molecule has 1 aromatic carbocycles. The summed E-state index contributed by atoms with van der Waals surface area (Å²) >= 11 is 0. The molecule has 0 bridgehead atoms. The van der Waals surface area contributed by atoms with Gasteiger partial charge in [-0.3, -0.25) is 0 Å². The van der Waals surface area contributed by atoms with Crippen LogP contribution < -0.4 is 10.5 Å². The quantitative estimate of drug-likeness (QED) is 0.772. The SMILES string of the molecule is C=C(C)CCC(N)c1ccccc1OC(F)F. The maximum Gasteiger partial charge on any atom is 0.387 e. The molecule has 94 valence electrons. The zero-order valence-electron chi connectivity index (χ0n) is 9.83. The van der Waals surface area contributed by atoms with Crippen molar-refractivity contribution in [3.63, 3.8) is 0 Å². The Bertz CT molecular complexity index is 379. The van der Waals surface area contributed by atoms with Gasteiger partial charge in [0.1, 0.15) is 5.75 Å². The smallest absolute Gasteiger partial charge is 0.387 e. The molecule has 2 nitrogen and oxygen atoms in total. The molecular formula is C13H17F2NO. The van der Waals surface area contributed by atoms with Crippen LogP contribution in [0.4, 0.5) is 8.78 Å². The molecule has 1 aromatic rings. The number of para-hydroxylation sites is 1. The van der Waals surface area contributed by atoms with Gasteiger partial charge in [-0.1, -0.05) is 23.8 Å². The average Bonchev–Trinajstić information content (AvgIpc) is 2.25. The summed E-state index contributed by atoms with van der Waals surface area (Å²) in [4.78, 5) is 0. The van der Waals surface area contributed by atoms with Crippen molar-refractivity contribution in [2.45, 2.75) is 32.4 Å². The number of hydrogen-bond donors (Lipinski definition) is 1. The molecule has 0 saturated carbocycles. The Morgan fingerprint density at radius 2 is 2.06 bits per heavy atom. The normalized spacial score (nSPS) is 12.5. The molecule has 2 N–H and O–H groups in total. The molecule has 0 heterocycles. The topological polar surface area (TPSA) is 35.2 Å². The van der Waals surface area contributed by atoms with Crippen LogP contribution in [0.15, 0.2) is 36.4 Å². The van der Waals surface area contributed by atoms with Crippen molar-refractivity contribution in [3.8, 4) is 5.75 Å². The van der Waals surface area contributed by atoms with Crippen molar-refractivity contribution >= 4 is 0 Å². The number of alkyl halides is 2. The minimum absolute atomic E-state index is 0.150. The van der Waals surface area contributed by atoms with Gasteiger partial charge >= 0.3 is 6.61 Å². The van der Waals surface area contributed by atoms with E-state index < -0.39 is 6.61 Å². The number of rotatable bonds is 6. The van der Waals surface area contributed by atoms with Gasteiger partial charge in [-0.2, -0.15) is 8.78 Å². The predicted octanol–water partition coefficient (Wildman–Crippen LogP) is 3.64. The fraction of sp³-hybridized carbons (Fsp3) is 0.385. The third kappa shape index (κ3) is 4.53. The van der Waals surface area contributed by atoms with Crippen LogP contribution in [0.5, 0.6) is 5.75 Å². The Morgan fingerprint density at radius 1 is 1.41 bits per heavy atom. The molecule has 0 aromatic heterocycles. The first-order valence-corrected chi connectivity index (χ1v) is 5.44. The van der Waals surface area contributed by atoms with Crippen molar-refractivity contribution < 1.29 is 13.5 Å². The first-order chi connectivity index (χ1) is 8.00. The molecule has 0 spiro atoms. The summed E-state index contributed by atoms with van der Waals surface area (Å²) < 4.78 is 28.8. The van der Waals surface area contributed by atoms with E-state index in [1.165, 1.54) is 6.07 Å². The van der Waals surface area contributed by atoms with Crippen molar-refractivity contribution in [3.05, 3.63) is 42.0 Å². The number of nitrogens with two attached hydrogens (primary N) is 1. The van der Waals surface area contributed by atoms with Crippen LogP contribution in [0.3, 0.4) is 0 Å². The lowest BCUT2D eigenvalue weighted by molar-refractivity contribution is -0.0506. The van der Waals surface area contributed by atoms with E-state index in [9.17, 15) is 8.78 Å². The third-order valence-corrected chi connectivity index (χ3v) is 2.42. The van der Waals surface area contributed by atoms with Crippen molar-refractivity contribution in [2.24, 2.45) is 5.73 Å². The van der Waals surface area contributed by atoms with E-state index in [0.717, 1.165) is 12.0 Å². The van der Waals surface area contributed by atoms with E-state index in [2.05, 4.69) is 11.3 Å². The summed E-state index contributed by atoms with van der Waals surface area (Å²) in [6, 6.07) is 6.30. The van der Waals surface area contributed by atoms with E-state index in [-0.39, 0.29) is 11.8 Å². The lowest BCUT2D eigenvalue weighted by Crippen LogP contribution is -2.13. The van der Waals surface area contributed by atoms with Crippen LogP contribution in [-0.4, -0.2) is 6.61 Å². The molecule has 0 amide bonds. The van der Waals surface area contributed by atoms with E-state index in [4.69, 9.17) is 5.73 Å². The molecule has 17 heavy (non-hydrogen) atoms. The maximum atomic E-state index is 12.2. The summed E-state index contributed by atoms with van der Waals surface area (Å²) in [5.74, 6) is 0.150. The van der Waals surface area contributed by atoms with Crippen molar-refractivity contribution in [1.82, 2.24) is 0 Å². The Hall–Kier alpha value is -1.42. The van der Waals surface area contributed by atoms with Gasteiger partial charge in [-0.25, -0.2) is 0 Å². The first kappa shape index (κ1) is 13.6. The minimum atomic E-state index is -2.83. The van der Waals surface area contributed by atoms with Gasteiger partial charge < -0.3 is 10.5 Å². The van der Waals surface area contributed by atoms with Gasteiger partial charge in [0.2, 0.25) is 0 Å². The van der Waals surface area contributed by atoms with Crippen LogP contribution in [0.1, 0.15) is 31.4 Å². The summed E-state index contributed by atoms with van der Waals surface area (Å²) in [5.41, 5.74) is 7.58. The number of allylic oxidation sites excluding steroid dienone is 1. The maximum absolute atomic E-state index is 12.2. The van der Waals surface area contributed by atoms with Crippen molar-refractivity contribution in [1.29, 1.82) is 0 Å². The zero-order valence-corrected chi connectivity index (χ0v) is 9.83. The number of hydrogen-bond acceptors (Lipinski definition) is 2. The highest BCUT2D eigenvalue weighted by Gasteiger charge is 2.14. The Morgan fingerprint density at radius 3 is 2.65 bits per heavy atom. The lowest BCUT2D eigenvalue weighted by Gasteiger charge is -2.16. The highest BCUT2D eigenvalue weighted by Crippen LogP contribution is 2.28. The standard InChI is InChI=1S/C13H17F2NO/c1-9(2)7-8-11(16)10-5-3-4-6-12(10)17-13(14)15/h3-6,11,13H,1,7-8,16H2,2H3.